The van der Waals surface area contributed by atoms with E-state index in [9.17, 15) is 19.2 Å². The van der Waals surface area contributed by atoms with Crippen LogP contribution in [-0.2, 0) is 0 Å². The number of hydrogen-bond donors (Lipinski definition) is 2. The molecule has 178 valence electrons. The second kappa shape index (κ2) is 7.64. The van der Waals surface area contributed by atoms with Crippen molar-refractivity contribution in [2.24, 2.45) is 0 Å². The van der Waals surface area contributed by atoms with E-state index in [1.54, 1.807) is 30.3 Å². The second-order valence-electron chi connectivity index (χ2n) is 9.03. The zero-order chi connectivity index (χ0) is 25.3. The molecule has 0 saturated heterocycles. The first-order chi connectivity index (χ1) is 17.3. The van der Waals surface area contributed by atoms with Crippen LogP contribution in [0.3, 0.4) is 0 Å². The molecule has 8 heteroatoms. The molecule has 2 N–H and O–H groups in total. The Bertz CT molecular complexity index is 1670. The fraction of sp³-hybridized carbons (Fsp3) is 0.143. The van der Waals surface area contributed by atoms with Crippen LogP contribution in [0.2, 0.25) is 0 Å². The van der Waals surface area contributed by atoms with Crippen LogP contribution in [0.15, 0.2) is 54.6 Å². The minimum Gasteiger partial charge on any atom is -0.387 e. The maximum Gasteiger partial charge on any atom is 0.262 e. The number of anilines is 2. The van der Waals surface area contributed by atoms with Gasteiger partial charge in [-0.2, -0.15) is 0 Å². The van der Waals surface area contributed by atoms with E-state index in [1.807, 2.05) is 38.2 Å². The van der Waals surface area contributed by atoms with Gasteiger partial charge < -0.3 is 10.6 Å². The zero-order valence-corrected chi connectivity index (χ0v) is 19.9. The Morgan fingerprint density at radius 1 is 0.722 bits per heavy atom. The predicted octanol–water partition coefficient (Wildman–Crippen LogP) is 4.23. The average Bonchev–Trinajstić information content (AvgIpc) is 2.89. The van der Waals surface area contributed by atoms with Gasteiger partial charge in [0.1, 0.15) is 0 Å². The van der Waals surface area contributed by atoms with Gasteiger partial charge in [0.2, 0.25) is 0 Å². The smallest absolute Gasteiger partial charge is 0.262 e. The zero-order valence-electron chi connectivity index (χ0n) is 19.9. The number of hydrogen-bond acceptors (Lipinski definition) is 6. The van der Waals surface area contributed by atoms with Crippen molar-refractivity contribution in [2.45, 2.75) is 6.92 Å². The number of rotatable bonds is 4. The largest absolute Gasteiger partial charge is 0.387 e. The first-order valence-electron chi connectivity index (χ1n) is 11.6. The van der Waals surface area contributed by atoms with Crippen molar-refractivity contribution in [3.05, 3.63) is 82.4 Å². The number of imide groups is 2. The number of carbonyl (C=O) groups is 4. The van der Waals surface area contributed by atoms with Crippen LogP contribution in [-0.4, -0.2) is 54.2 Å². The molecule has 0 fully saturated rings. The molecular formula is C28H22N4O4. The summed E-state index contributed by atoms with van der Waals surface area (Å²) in [6.45, 7) is 1.86. The summed E-state index contributed by atoms with van der Waals surface area (Å²) >= 11 is 0. The number of carbonyl (C=O) groups excluding carboxylic acids is 4. The number of nitrogens with zero attached hydrogens (tertiary/aromatic N) is 2. The normalized spacial score (nSPS) is 14.8. The summed E-state index contributed by atoms with van der Waals surface area (Å²) in [5, 5.41) is 9.10. The fourth-order valence-electron chi connectivity index (χ4n) is 5.36. The molecule has 8 nitrogen and oxygen atoms in total. The number of nitrogens with one attached hydrogen (secondary N) is 2. The van der Waals surface area contributed by atoms with E-state index in [0.29, 0.717) is 44.1 Å². The molecule has 0 radical (unpaired) electrons. The molecule has 0 aliphatic carbocycles. The van der Waals surface area contributed by atoms with Crippen LogP contribution in [0, 0.1) is 6.92 Å². The molecule has 4 amide bonds. The van der Waals surface area contributed by atoms with E-state index in [0.717, 1.165) is 21.5 Å². The third kappa shape index (κ3) is 2.81. The topological polar surface area (TPSA) is 98.8 Å². The quantitative estimate of drug-likeness (QED) is 0.426. The van der Waals surface area contributed by atoms with Gasteiger partial charge in [0.15, 0.2) is 0 Å². The molecule has 0 aromatic heterocycles. The lowest BCUT2D eigenvalue weighted by molar-refractivity contribution is 0.0616. The predicted molar refractivity (Wildman–Crippen MR) is 138 cm³/mol. The summed E-state index contributed by atoms with van der Waals surface area (Å²) in [6.07, 6.45) is 0. The maximum atomic E-state index is 13.5. The Morgan fingerprint density at radius 3 is 2.00 bits per heavy atom. The van der Waals surface area contributed by atoms with Crippen molar-refractivity contribution in [2.75, 3.05) is 31.4 Å². The summed E-state index contributed by atoms with van der Waals surface area (Å²) in [5.74, 6) is -1.49. The highest BCUT2D eigenvalue weighted by Crippen LogP contribution is 2.37. The Kier molecular flexibility index (Phi) is 4.63. The lowest BCUT2D eigenvalue weighted by Crippen LogP contribution is -2.43. The summed E-state index contributed by atoms with van der Waals surface area (Å²) < 4.78 is 0. The standard InChI is InChI=1S/C28H22N4O4/c1-14-12-20-23-16(24(14)29-2)7-5-9-18(23)27(35)32(28(20)36)13-30-21-11-10-19-22-15(21)6-4-8-17(22)25(33)31(3)26(19)34/h4-12,29-30H,13H2,1-3H3. The van der Waals surface area contributed by atoms with Gasteiger partial charge in [0.25, 0.3) is 23.6 Å². The highest BCUT2D eigenvalue weighted by atomic mass is 16.2. The molecule has 0 atom stereocenters. The Morgan fingerprint density at radius 2 is 1.31 bits per heavy atom. The highest BCUT2D eigenvalue weighted by Gasteiger charge is 2.34. The first kappa shape index (κ1) is 21.8. The second-order valence-corrected chi connectivity index (χ2v) is 9.03. The van der Waals surface area contributed by atoms with Crippen LogP contribution >= 0.6 is 0 Å². The average molecular weight is 479 g/mol. The molecule has 4 aromatic carbocycles. The van der Waals surface area contributed by atoms with Crippen molar-refractivity contribution in [3.8, 4) is 0 Å². The van der Waals surface area contributed by atoms with Gasteiger partial charge in [-0.1, -0.05) is 24.3 Å². The molecule has 0 spiro atoms. The summed E-state index contributed by atoms with van der Waals surface area (Å²) in [5.41, 5.74) is 4.25. The van der Waals surface area contributed by atoms with E-state index < -0.39 is 0 Å². The molecular weight excluding hydrogens is 456 g/mol. The molecule has 6 rings (SSSR count). The molecule has 2 aliphatic rings. The molecule has 4 aromatic rings. The van der Waals surface area contributed by atoms with Crippen LogP contribution < -0.4 is 10.6 Å². The highest BCUT2D eigenvalue weighted by molar-refractivity contribution is 6.28. The van der Waals surface area contributed by atoms with Crippen molar-refractivity contribution in [1.29, 1.82) is 0 Å². The van der Waals surface area contributed by atoms with Gasteiger partial charge in [-0.05, 0) is 42.8 Å². The van der Waals surface area contributed by atoms with E-state index in [1.165, 1.54) is 11.9 Å². The van der Waals surface area contributed by atoms with Crippen LogP contribution in [0.4, 0.5) is 11.4 Å². The van der Waals surface area contributed by atoms with Crippen LogP contribution in [0.5, 0.6) is 0 Å². The minimum atomic E-state index is -0.383. The lowest BCUT2D eigenvalue weighted by Gasteiger charge is -2.29. The monoisotopic (exact) mass is 478 g/mol. The van der Waals surface area contributed by atoms with E-state index >= 15 is 0 Å². The van der Waals surface area contributed by atoms with Gasteiger partial charge in [-0.3, -0.25) is 29.0 Å². The van der Waals surface area contributed by atoms with Crippen molar-refractivity contribution < 1.29 is 19.2 Å². The molecule has 2 aliphatic heterocycles. The molecule has 2 heterocycles. The summed E-state index contributed by atoms with van der Waals surface area (Å²) in [6, 6.07) is 15.9. The third-order valence-electron chi connectivity index (χ3n) is 7.10. The third-order valence-corrected chi connectivity index (χ3v) is 7.10. The van der Waals surface area contributed by atoms with Gasteiger partial charge >= 0.3 is 0 Å². The first-order valence-corrected chi connectivity index (χ1v) is 11.6. The van der Waals surface area contributed by atoms with Crippen LogP contribution in [0.1, 0.15) is 47.0 Å². The van der Waals surface area contributed by atoms with E-state index in [-0.39, 0.29) is 30.3 Å². The molecule has 0 unspecified atom stereocenters. The van der Waals surface area contributed by atoms with Crippen molar-refractivity contribution in [1.82, 2.24) is 9.80 Å². The number of benzene rings is 4. The van der Waals surface area contributed by atoms with Gasteiger partial charge in [0, 0.05) is 69.3 Å². The number of amides is 4. The minimum absolute atomic E-state index is 0.0687. The van der Waals surface area contributed by atoms with Crippen LogP contribution in [0.25, 0.3) is 21.5 Å². The van der Waals surface area contributed by atoms with Gasteiger partial charge in [0.05, 0.1) is 6.67 Å². The van der Waals surface area contributed by atoms with Gasteiger partial charge in [-0.25, -0.2) is 0 Å². The lowest BCUT2D eigenvalue weighted by atomic mass is 9.91. The van der Waals surface area contributed by atoms with Crippen molar-refractivity contribution in [3.63, 3.8) is 0 Å². The number of aryl methyl sites for hydroxylation is 1. The Hall–Kier alpha value is -4.72. The SMILES string of the molecule is CNc1c(C)cc2c3c(cccc13)C(=O)N(CNc1ccc3c4c(cccc14)C(=O)N(C)C3=O)C2=O. The maximum absolute atomic E-state index is 13.5. The van der Waals surface area contributed by atoms with E-state index in [2.05, 4.69) is 10.6 Å². The van der Waals surface area contributed by atoms with E-state index in [4.69, 9.17) is 0 Å². The Balaban J connectivity index is 1.40. The molecule has 0 bridgehead atoms. The van der Waals surface area contributed by atoms with Gasteiger partial charge in [-0.15, -0.1) is 0 Å². The fourth-order valence-corrected chi connectivity index (χ4v) is 5.36. The molecule has 36 heavy (non-hydrogen) atoms. The summed E-state index contributed by atoms with van der Waals surface area (Å²) in [4.78, 5) is 54.6. The summed E-state index contributed by atoms with van der Waals surface area (Å²) in [7, 11) is 3.28. The Labute approximate surface area is 206 Å². The molecule has 0 saturated carbocycles. The van der Waals surface area contributed by atoms with Crippen molar-refractivity contribution >= 4 is 56.5 Å².